The number of hydrogen-bond acceptors (Lipinski definition) is 10. The Morgan fingerprint density at radius 1 is 0.955 bits per heavy atom. The van der Waals surface area contributed by atoms with Gasteiger partial charge in [0.2, 0.25) is 0 Å². The van der Waals surface area contributed by atoms with Gasteiger partial charge in [-0.05, 0) is 0 Å². The van der Waals surface area contributed by atoms with Crippen molar-refractivity contribution in [2.45, 2.75) is 54.4 Å². The van der Waals surface area contributed by atoms with Crippen LogP contribution in [0.25, 0.3) is 0 Å². The summed E-state index contributed by atoms with van der Waals surface area (Å²) in [5.41, 5.74) is -5.11. The molecule has 0 aromatic carbocycles. The summed E-state index contributed by atoms with van der Waals surface area (Å²) in [5.74, 6) is 0. The van der Waals surface area contributed by atoms with Crippen LogP contribution in [-0.2, 0) is 9.47 Å². The van der Waals surface area contributed by atoms with E-state index < -0.39 is 74.3 Å². The van der Waals surface area contributed by atoms with Gasteiger partial charge in [-0.1, -0.05) is 0 Å². The number of ether oxygens (including phenoxy) is 2. The number of rotatable bonds is 3. The molecule has 10 nitrogen and oxygen atoms in total. The lowest BCUT2D eigenvalue weighted by Gasteiger charge is -2.55. The first-order chi connectivity index (χ1) is 10.2. The van der Waals surface area contributed by atoms with E-state index in [1.807, 2.05) is 0 Å². The maximum absolute atomic E-state index is 10.6. The normalized spacial score (nSPS) is 53.5. The van der Waals surface area contributed by atoms with Gasteiger partial charge in [0.25, 0.3) is 0 Å². The van der Waals surface area contributed by atoms with Gasteiger partial charge in [-0.25, -0.2) is 0 Å². The van der Waals surface area contributed by atoms with Crippen LogP contribution in [0, 0.1) is 0 Å². The molecule has 2 heterocycles. The van der Waals surface area contributed by atoms with Gasteiger partial charge in [0.15, 0.2) is 11.9 Å². The zero-order chi connectivity index (χ0) is 16.7. The second-order valence-corrected chi connectivity index (χ2v) is 5.81. The van der Waals surface area contributed by atoms with Crippen LogP contribution in [-0.4, -0.2) is 109 Å². The highest BCUT2D eigenvalue weighted by atomic mass is 16.6. The first-order valence-electron chi connectivity index (χ1n) is 6.87. The van der Waals surface area contributed by atoms with Crippen LogP contribution < -0.4 is 0 Å². The van der Waals surface area contributed by atoms with Crippen molar-refractivity contribution >= 4 is 0 Å². The van der Waals surface area contributed by atoms with E-state index in [4.69, 9.17) is 19.7 Å². The van der Waals surface area contributed by atoms with E-state index in [0.717, 1.165) is 0 Å². The quantitative estimate of drug-likeness (QED) is 0.250. The Labute approximate surface area is 125 Å². The summed E-state index contributed by atoms with van der Waals surface area (Å²) in [5, 5.41) is 78.9. The van der Waals surface area contributed by atoms with Crippen LogP contribution in [0.5, 0.6) is 0 Å². The minimum Gasteiger partial charge on any atom is -0.394 e. The highest BCUT2D eigenvalue weighted by molar-refractivity contribution is 5.13. The fourth-order valence-corrected chi connectivity index (χ4v) is 2.96. The number of hydrogen-bond donors (Lipinski definition) is 8. The van der Waals surface area contributed by atoms with Crippen LogP contribution in [0.2, 0.25) is 0 Å². The third kappa shape index (κ3) is 2.55. The summed E-state index contributed by atoms with van der Waals surface area (Å²) in [4.78, 5) is 0. The van der Waals surface area contributed by atoms with Crippen LogP contribution in [0.3, 0.4) is 0 Å². The van der Waals surface area contributed by atoms with Crippen molar-refractivity contribution in [2.75, 3.05) is 19.8 Å². The van der Waals surface area contributed by atoms with Crippen LogP contribution in [0.15, 0.2) is 0 Å². The number of aliphatic hydroxyl groups is 8. The molecule has 2 saturated heterocycles. The third-order valence-corrected chi connectivity index (χ3v) is 4.45. The van der Waals surface area contributed by atoms with Gasteiger partial charge in [-0.15, -0.1) is 0 Å². The highest BCUT2D eigenvalue weighted by Crippen LogP contribution is 2.42. The standard InChI is InChI=1S/C12H22O10/c13-2-6-5(15)1-11(19,4-21-6)12(20)9(17)8(16)7(3-14)22-10(12)18/h5-10,13-20H,1-4H2/t5-,6+,7+,8+,9-,10-,11-,12+/m0/s1. The SMILES string of the molecule is OC[C@H]1O[C@H](O)[C@@](O)([C@@]2(O)CO[C@H](CO)[C@@H](O)C2)[C@@H](O)[C@@H]1O. The third-order valence-electron chi connectivity index (χ3n) is 4.45. The Balaban J connectivity index is 2.28. The first-order valence-corrected chi connectivity index (χ1v) is 6.87. The molecular weight excluding hydrogens is 304 g/mol. The maximum Gasteiger partial charge on any atom is 0.190 e. The molecule has 0 amide bonds. The molecule has 0 aromatic heterocycles. The molecule has 8 atom stereocenters. The predicted octanol–water partition coefficient (Wildman–Crippen LogP) is -4.98. The molecule has 0 spiro atoms. The van der Waals surface area contributed by atoms with E-state index in [9.17, 15) is 30.6 Å². The zero-order valence-corrected chi connectivity index (χ0v) is 11.7. The summed E-state index contributed by atoms with van der Waals surface area (Å²) in [6, 6.07) is 0. The Hall–Kier alpha value is -0.400. The topological polar surface area (TPSA) is 180 Å². The molecule has 0 unspecified atom stereocenters. The molecule has 130 valence electrons. The van der Waals surface area contributed by atoms with Crippen LogP contribution in [0.1, 0.15) is 6.42 Å². The van der Waals surface area contributed by atoms with Gasteiger partial charge < -0.3 is 50.3 Å². The molecule has 0 aromatic rings. The monoisotopic (exact) mass is 326 g/mol. The molecule has 10 heteroatoms. The van der Waals surface area contributed by atoms with E-state index in [-0.39, 0.29) is 0 Å². The van der Waals surface area contributed by atoms with Crippen molar-refractivity contribution in [3.63, 3.8) is 0 Å². The average molecular weight is 326 g/mol. The first kappa shape index (κ1) is 17.9. The van der Waals surface area contributed by atoms with Crippen LogP contribution >= 0.6 is 0 Å². The van der Waals surface area contributed by atoms with Gasteiger partial charge in [0, 0.05) is 6.42 Å². The van der Waals surface area contributed by atoms with E-state index in [1.54, 1.807) is 0 Å². The van der Waals surface area contributed by atoms with Gasteiger partial charge in [-0.3, -0.25) is 0 Å². The van der Waals surface area contributed by atoms with Gasteiger partial charge >= 0.3 is 0 Å². The second kappa shape index (κ2) is 6.24. The lowest BCUT2D eigenvalue weighted by atomic mass is 9.70. The van der Waals surface area contributed by atoms with Gasteiger partial charge in [0.05, 0.1) is 25.9 Å². The zero-order valence-electron chi connectivity index (χ0n) is 11.7. The summed E-state index contributed by atoms with van der Waals surface area (Å²) in [6.45, 7) is -1.87. The Morgan fingerprint density at radius 2 is 1.55 bits per heavy atom. The largest absolute Gasteiger partial charge is 0.394 e. The Bertz CT molecular complexity index is 394. The molecule has 2 aliphatic rings. The van der Waals surface area contributed by atoms with Crippen molar-refractivity contribution in [1.29, 1.82) is 0 Å². The highest BCUT2D eigenvalue weighted by Gasteiger charge is 2.66. The smallest absolute Gasteiger partial charge is 0.190 e. The lowest BCUT2D eigenvalue weighted by molar-refractivity contribution is -0.384. The summed E-state index contributed by atoms with van der Waals surface area (Å²) < 4.78 is 9.88. The Morgan fingerprint density at radius 3 is 2.05 bits per heavy atom. The van der Waals surface area contributed by atoms with Crippen LogP contribution in [0.4, 0.5) is 0 Å². The molecule has 0 bridgehead atoms. The molecule has 0 aliphatic carbocycles. The van der Waals surface area contributed by atoms with E-state index in [0.29, 0.717) is 0 Å². The summed E-state index contributed by atoms with van der Waals surface area (Å²) in [6.07, 6.45) is -10.3. The summed E-state index contributed by atoms with van der Waals surface area (Å²) >= 11 is 0. The van der Waals surface area contributed by atoms with E-state index in [1.165, 1.54) is 0 Å². The molecule has 2 aliphatic heterocycles. The maximum atomic E-state index is 10.6. The predicted molar refractivity (Wildman–Crippen MR) is 67.3 cm³/mol. The summed E-state index contributed by atoms with van der Waals surface area (Å²) in [7, 11) is 0. The Kier molecular flexibility index (Phi) is 5.09. The molecule has 0 radical (unpaired) electrons. The van der Waals surface area contributed by atoms with E-state index in [2.05, 4.69) is 0 Å². The second-order valence-electron chi connectivity index (χ2n) is 5.81. The molecule has 0 saturated carbocycles. The molecular formula is C12H22O10. The molecule has 2 rings (SSSR count). The number of aliphatic hydroxyl groups excluding tert-OH is 6. The fourth-order valence-electron chi connectivity index (χ4n) is 2.96. The van der Waals surface area contributed by atoms with Crippen molar-refractivity contribution in [3.05, 3.63) is 0 Å². The molecule has 8 N–H and O–H groups in total. The average Bonchev–Trinajstić information content (AvgIpc) is 2.48. The van der Waals surface area contributed by atoms with Gasteiger partial charge in [0.1, 0.15) is 30.0 Å². The molecule has 22 heavy (non-hydrogen) atoms. The van der Waals surface area contributed by atoms with Gasteiger partial charge in [-0.2, -0.15) is 0 Å². The van der Waals surface area contributed by atoms with Crippen molar-refractivity contribution in [1.82, 2.24) is 0 Å². The minimum atomic E-state index is -2.76. The minimum absolute atomic E-state index is 0.521. The molecule has 2 fully saturated rings. The fraction of sp³-hybridized carbons (Fsp3) is 1.00. The van der Waals surface area contributed by atoms with Crippen molar-refractivity contribution in [3.8, 4) is 0 Å². The lowest BCUT2D eigenvalue weighted by Crippen LogP contribution is -2.78. The van der Waals surface area contributed by atoms with Crippen molar-refractivity contribution in [2.24, 2.45) is 0 Å². The van der Waals surface area contributed by atoms with Crippen molar-refractivity contribution < 1.29 is 50.3 Å². The van der Waals surface area contributed by atoms with E-state index >= 15 is 0 Å².